The molecular weight excluding hydrogens is 447 g/mol. The molecule has 1 aliphatic heterocycles. The third-order valence-corrected chi connectivity index (χ3v) is 6.16. The molecule has 4 rings (SSSR count). The van der Waals surface area contributed by atoms with E-state index in [4.69, 9.17) is 15.2 Å². The van der Waals surface area contributed by atoms with E-state index in [0.29, 0.717) is 40.8 Å². The zero-order valence-corrected chi connectivity index (χ0v) is 19.5. The normalized spacial score (nSPS) is 21.1. The standard InChI is InChI=1S/C22H27FN6O3S/c1-11(2)32-21-13(5-4-8-25-21)22-26-16(10-33-22)20(30)27-18-12(3)28-29-19(18)17-7-6-15(24)14(23)9-31-17/h4-5,8,10-11,14-15,17H,6-7,9,24H2,1-3H3,(H,27,30)(H,28,29)/t14-,15-,17+/m1/s1. The third kappa shape index (κ3) is 5.21. The number of carbonyl (C=O) groups excluding carboxylic acids is 1. The fraction of sp³-hybridized carbons (Fsp3) is 0.455. The van der Waals surface area contributed by atoms with Gasteiger partial charge in [-0.1, -0.05) is 0 Å². The summed E-state index contributed by atoms with van der Waals surface area (Å²) in [5, 5.41) is 12.4. The average Bonchev–Trinajstić information content (AvgIpc) is 3.37. The maximum Gasteiger partial charge on any atom is 0.275 e. The number of aromatic nitrogens is 4. The van der Waals surface area contributed by atoms with Gasteiger partial charge in [0.15, 0.2) is 0 Å². The molecule has 1 saturated heterocycles. The predicted octanol–water partition coefficient (Wildman–Crippen LogP) is 3.79. The molecule has 11 heteroatoms. The van der Waals surface area contributed by atoms with E-state index in [1.807, 2.05) is 19.9 Å². The van der Waals surface area contributed by atoms with Crippen molar-refractivity contribution < 1.29 is 18.7 Å². The minimum absolute atomic E-state index is 0.0442. The Morgan fingerprint density at radius 3 is 3.03 bits per heavy atom. The lowest BCUT2D eigenvalue weighted by Crippen LogP contribution is -2.32. The number of aryl methyl sites for hydroxylation is 1. The van der Waals surface area contributed by atoms with Crippen molar-refractivity contribution in [1.82, 2.24) is 20.2 Å². The molecule has 3 atom stereocenters. The molecule has 0 bridgehead atoms. The van der Waals surface area contributed by atoms with Crippen LogP contribution in [0, 0.1) is 6.92 Å². The molecule has 0 saturated carbocycles. The highest BCUT2D eigenvalue weighted by Crippen LogP contribution is 2.34. The molecular formula is C22H27FN6O3S. The van der Waals surface area contributed by atoms with E-state index >= 15 is 0 Å². The van der Waals surface area contributed by atoms with E-state index < -0.39 is 18.3 Å². The van der Waals surface area contributed by atoms with Crippen LogP contribution in [-0.2, 0) is 4.74 Å². The Bertz CT molecular complexity index is 1110. The Balaban J connectivity index is 1.53. The molecule has 1 aliphatic rings. The smallest absolute Gasteiger partial charge is 0.275 e. The minimum atomic E-state index is -1.22. The molecule has 3 aromatic rings. The first-order valence-corrected chi connectivity index (χ1v) is 11.7. The number of nitrogens with zero attached hydrogens (tertiary/aromatic N) is 3. The van der Waals surface area contributed by atoms with Gasteiger partial charge in [0.2, 0.25) is 5.88 Å². The number of hydrogen-bond donors (Lipinski definition) is 3. The second-order valence-corrected chi connectivity index (χ2v) is 9.06. The molecule has 0 radical (unpaired) electrons. The number of alkyl halides is 1. The van der Waals surface area contributed by atoms with Crippen molar-refractivity contribution in [2.24, 2.45) is 5.73 Å². The Labute approximate surface area is 194 Å². The van der Waals surface area contributed by atoms with Crippen LogP contribution in [-0.4, -0.2) is 51.0 Å². The van der Waals surface area contributed by atoms with Crippen LogP contribution < -0.4 is 15.8 Å². The highest BCUT2D eigenvalue weighted by Gasteiger charge is 2.30. The molecule has 0 aliphatic carbocycles. The second kappa shape index (κ2) is 9.94. The summed E-state index contributed by atoms with van der Waals surface area (Å²) in [6.45, 7) is 5.53. The quantitative estimate of drug-likeness (QED) is 0.496. The monoisotopic (exact) mass is 474 g/mol. The molecule has 9 nitrogen and oxygen atoms in total. The van der Waals surface area contributed by atoms with Crippen LogP contribution in [0.4, 0.5) is 10.1 Å². The molecule has 0 spiro atoms. The number of nitrogens with two attached hydrogens (primary N) is 1. The largest absolute Gasteiger partial charge is 0.474 e. The van der Waals surface area contributed by atoms with Gasteiger partial charge in [-0.15, -0.1) is 11.3 Å². The van der Waals surface area contributed by atoms with E-state index in [1.54, 1.807) is 24.6 Å². The van der Waals surface area contributed by atoms with Crippen LogP contribution >= 0.6 is 11.3 Å². The lowest BCUT2D eigenvalue weighted by atomic mass is 10.0. The van der Waals surface area contributed by atoms with E-state index in [0.717, 1.165) is 5.56 Å². The van der Waals surface area contributed by atoms with Crippen LogP contribution in [0.1, 0.15) is 54.7 Å². The average molecular weight is 475 g/mol. The Hall–Kier alpha value is -2.89. The Kier molecular flexibility index (Phi) is 7.01. The molecule has 1 fully saturated rings. The summed E-state index contributed by atoms with van der Waals surface area (Å²) in [5.74, 6) is 0.0869. The molecule has 0 unspecified atom stereocenters. The van der Waals surface area contributed by atoms with Gasteiger partial charge in [0.05, 0.1) is 29.7 Å². The molecule has 4 heterocycles. The summed E-state index contributed by atoms with van der Waals surface area (Å²) in [7, 11) is 0. The number of halogens is 1. The van der Waals surface area contributed by atoms with Gasteiger partial charge in [-0.05, 0) is 45.7 Å². The first-order valence-electron chi connectivity index (χ1n) is 10.8. The van der Waals surface area contributed by atoms with E-state index in [1.165, 1.54) is 11.3 Å². The zero-order chi connectivity index (χ0) is 23.5. The van der Waals surface area contributed by atoms with Crippen LogP contribution in [0.15, 0.2) is 23.7 Å². The number of thiazole rings is 1. The van der Waals surface area contributed by atoms with Crippen molar-refractivity contribution in [1.29, 1.82) is 0 Å². The lowest BCUT2D eigenvalue weighted by Gasteiger charge is -2.15. The van der Waals surface area contributed by atoms with Crippen LogP contribution in [0.25, 0.3) is 10.6 Å². The number of hydrogen-bond acceptors (Lipinski definition) is 8. The molecule has 3 aromatic heterocycles. The first-order chi connectivity index (χ1) is 15.8. The Morgan fingerprint density at radius 2 is 2.24 bits per heavy atom. The number of rotatable bonds is 6. The van der Waals surface area contributed by atoms with E-state index in [-0.39, 0.29) is 24.3 Å². The van der Waals surface area contributed by atoms with E-state index in [2.05, 4.69) is 25.5 Å². The fourth-order valence-electron chi connectivity index (χ4n) is 3.54. The number of nitrogens with one attached hydrogen (secondary N) is 2. The number of amides is 1. The van der Waals surface area contributed by atoms with Crippen LogP contribution in [0.5, 0.6) is 5.88 Å². The predicted molar refractivity (Wildman–Crippen MR) is 123 cm³/mol. The van der Waals surface area contributed by atoms with Crippen molar-refractivity contribution >= 4 is 22.9 Å². The molecule has 176 valence electrons. The third-order valence-electron chi connectivity index (χ3n) is 5.29. The van der Waals surface area contributed by atoms with Gasteiger partial charge < -0.3 is 20.5 Å². The number of carbonyl (C=O) groups is 1. The SMILES string of the molecule is Cc1[nH]nc([C@@H]2CC[C@@H](N)[C@H](F)CO2)c1NC(=O)c1csc(-c2cccnc2OC(C)C)n1. The van der Waals surface area contributed by atoms with Crippen molar-refractivity contribution in [3.8, 4) is 16.5 Å². The zero-order valence-electron chi connectivity index (χ0n) is 18.7. The van der Waals surface area contributed by atoms with Gasteiger partial charge in [0.1, 0.15) is 28.7 Å². The number of pyridine rings is 1. The fourth-order valence-corrected chi connectivity index (χ4v) is 4.36. The number of H-pyrrole nitrogens is 1. The summed E-state index contributed by atoms with van der Waals surface area (Å²) in [6, 6.07) is 3.08. The summed E-state index contributed by atoms with van der Waals surface area (Å²) >= 11 is 1.33. The van der Waals surface area contributed by atoms with Gasteiger partial charge in [0.25, 0.3) is 5.91 Å². The summed E-state index contributed by atoms with van der Waals surface area (Å²) in [5.41, 5.74) is 8.52. The summed E-state index contributed by atoms with van der Waals surface area (Å²) in [4.78, 5) is 21.8. The van der Waals surface area contributed by atoms with Crippen molar-refractivity contribution in [3.63, 3.8) is 0 Å². The molecule has 33 heavy (non-hydrogen) atoms. The van der Waals surface area contributed by atoms with Gasteiger partial charge in [-0.3, -0.25) is 9.89 Å². The molecule has 1 amide bonds. The summed E-state index contributed by atoms with van der Waals surface area (Å²) in [6.07, 6.45) is 0.894. The van der Waals surface area contributed by atoms with Crippen molar-refractivity contribution in [2.45, 2.75) is 58.0 Å². The maximum absolute atomic E-state index is 13.9. The second-order valence-electron chi connectivity index (χ2n) is 8.20. The lowest BCUT2D eigenvalue weighted by molar-refractivity contribution is 0.0267. The molecule has 0 aromatic carbocycles. The van der Waals surface area contributed by atoms with Crippen LogP contribution in [0.3, 0.4) is 0 Å². The number of ether oxygens (including phenoxy) is 2. The minimum Gasteiger partial charge on any atom is -0.474 e. The first kappa shape index (κ1) is 23.3. The van der Waals surface area contributed by atoms with E-state index in [9.17, 15) is 9.18 Å². The van der Waals surface area contributed by atoms with Crippen LogP contribution in [0.2, 0.25) is 0 Å². The highest BCUT2D eigenvalue weighted by molar-refractivity contribution is 7.13. The topological polar surface area (TPSA) is 128 Å². The highest BCUT2D eigenvalue weighted by atomic mass is 32.1. The maximum atomic E-state index is 13.9. The van der Waals surface area contributed by atoms with Gasteiger partial charge >= 0.3 is 0 Å². The summed E-state index contributed by atoms with van der Waals surface area (Å²) < 4.78 is 25.4. The van der Waals surface area contributed by atoms with Gasteiger partial charge in [-0.2, -0.15) is 5.10 Å². The van der Waals surface area contributed by atoms with Crippen molar-refractivity contribution in [2.75, 3.05) is 11.9 Å². The van der Waals surface area contributed by atoms with Crippen molar-refractivity contribution in [3.05, 3.63) is 40.8 Å². The van der Waals surface area contributed by atoms with Gasteiger partial charge in [-0.25, -0.2) is 14.4 Å². The van der Waals surface area contributed by atoms with Gasteiger partial charge in [0, 0.05) is 17.6 Å². The molecule has 4 N–H and O–H groups in total. The Morgan fingerprint density at radius 1 is 1.42 bits per heavy atom. The number of aromatic amines is 1. The number of anilines is 1.